The summed E-state index contributed by atoms with van der Waals surface area (Å²) in [4.78, 5) is 1.58. The van der Waals surface area contributed by atoms with Gasteiger partial charge in [0, 0.05) is 15.8 Å². The number of rotatable bonds is 5. The fourth-order valence-corrected chi connectivity index (χ4v) is 5.02. The van der Waals surface area contributed by atoms with Crippen molar-refractivity contribution in [2.75, 3.05) is 0 Å². The van der Waals surface area contributed by atoms with Crippen molar-refractivity contribution in [3.05, 3.63) is 51.2 Å². The predicted octanol–water partition coefficient (Wildman–Crippen LogP) is 2.90. The van der Waals surface area contributed by atoms with Gasteiger partial charge in [0.25, 0.3) is 0 Å². The average Bonchev–Trinajstić information content (AvgIpc) is 2.81. The van der Waals surface area contributed by atoms with E-state index < -0.39 is 10.0 Å². The second-order valence-corrected chi connectivity index (χ2v) is 8.01. The summed E-state index contributed by atoms with van der Waals surface area (Å²) in [6.07, 6.45) is 0. The Bertz CT molecular complexity index is 735. The van der Waals surface area contributed by atoms with Crippen LogP contribution in [-0.4, -0.2) is 13.5 Å². The number of benzene rings is 1. The molecule has 0 bridgehead atoms. The Labute approximate surface area is 129 Å². The molecule has 114 valence electrons. The molecule has 0 amide bonds. The first-order valence-corrected chi connectivity index (χ1v) is 8.93. The van der Waals surface area contributed by atoms with E-state index in [2.05, 4.69) is 4.72 Å². The lowest BCUT2D eigenvalue weighted by atomic mass is 10.0. The number of thiophene rings is 1. The van der Waals surface area contributed by atoms with E-state index in [0.717, 1.165) is 11.1 Å². The van der Waals surface area contributed by atoms with E-state index in [4.69, 9.17) is 5.11 Å². The van der Waals surface area contributed by atoms with Crippen molar-refractivity contribution in [2.24, 2.45) is 0 Å². The minimum Gasteiger partial charge on any atom is -0.391 e. The van der Waals surface area contributed by atoms with Crippen molar-refractivity contribution in [3.63, 3.8) is 0 Å². The molecular weight excluding hydrogens is 306 g/mol. The van der Waals surface area contributed by atoms with Gasteiger partial charge in [-0.05, 0) is 38.0 Å². The Balaban J connectivity index is 2.29. The number of aliphatic hydroxyl groups excluding tert-OH is 1. The highest BCUT2D eigenvalue weighted by atomic mass is 32.2. The van der Waals surface area contributed by atoms with Crippen molar-refractivity contribution >= 4 is 21.4 Å². The van der Waals surface area contributed by atoms with Gasteiger partial charge in [0.05, 0.1) is 11.5 Å². The normalized spacial score (nSPS) is 13.3. The Hall–Kier alpha value is -1.21. The quantitative estimate of drug-likeness (QED) is 0.888. The Morgan fingerprint density at radius 2 is 1.95 bits per heavy atom. The van der Waals surface area contributed by atoms with Crippen LogP contribution in [0, 0.1) is 13.8 Å². The molecule has 0 saturated carbocycles. The van der Waals surface area contributed by atoms with Gasteiger partial charge < -0.3 is 5.11 Å². The molecule has 1 heterocycles. The molecule has 6 heteroatoms. The summed E-state index contributed by atoms with van der Waals surface area (Å²) in [5, 5.41) is 9.13. The van der Waals surface area contributed by atoms with E-state index in [1.807, 2.05) is 38.1 Å². The highest BCUT2D eigenvalue weighted by molar-refractivity contribution is 7.89. The van der Waals surface area contributed by atoms with Gasteiger partial charge in [0.15, 0.2) is 0 Å². The van der Waals surface area contributed by atoms with Crippen LogP contribution in [-0.2, 0) is 16.6 Å². The molecule has 0 spiro atoms. The molecule has 0 radical (unpaired) electrons. The van der Waals surface area contributed by atoms with Gasteiger partial charge >= 0.3 is 0 Å². The first-order valence-electron chi connectivity index (χ1n) is 6.63. The zero-order valence-electron chi connectivity index (χ0n) is 12.3. The summed E-state index contributed by atoms with van der Waals surface area (Å²) in [6, 6.07) is 8.92. The molecule has 4 nitrogen and oxygen atoms in total. The lowest BCUT2D eigenvalue weighted by Gasteiger charge is -2.16. The second kappa shape index (κ2) is 6.27. The second-order valence-electron chi connectivity index (χ2n) is 4.99. The topological polar surface area (TPSA) is 66.4 Å². The van der Waals surface area contributed by atoms with Crippen LogP contribution in [0.3, 0.4) is 0 Å². The first-order chi connectivity index (χ1) is 9.85. The van der Waals surface area contributed by atoms with Crippen LogP contribution in [0.1, 0.15) is 33.8 Å². The fraction of sp³-hybridized carbons (Fsp3) is 0.333. The molecule has 0 aliphatic carbocycles. The van der Waals surface area contributed by atoms with E-state index in [0.29, 0.717) is 9.75 Å². The van der Waals surface area contributed by atoms with Crippen molar-refractivity contribution in [1.82, 2.24) is 4.72 Å². The molecule has 0 fully saturated rings. The Morgan fingerprint density at radius 3 is 2.52 bits per heavy atom. The van der Waals surface area contributed by atoms with Gasteiger partial charge in [-0.25, -0.2) is 13.1 Å². The van der Waals surface area contributed by atoms with Crippen molar-refractivity contribution in [2.45, 2.75) is 38.3 Å². The van der Waals surface area contributed by atoms with Crippen LogP contribution in [0.4, 0.5) is 0 Å². The van der Waals surface area contributed by atoms with Gasteiger partial charge in [0.2, 0.25) is 10.0 Å². The summed E-state index contributed by atoms with van der Waals surface area (Å²) in [5.41, 5.74) is 2.00. The molecule has 2 N–H and O–H groups in total. The number of aryl methyl sites for hydroxylation is 2. The van der Waals surface area contributed by atoms with E-state index in [-0.39, 0.29) is 17.5 Å². The lowest BCUT2D eigenvalue weighted by Crippen LogP contribution is -2.27. The smallest absolute Gasteiger partial charge is 0.242 e. The molecule has 1 atom stereocenters. The standard InChI is InChI=1S/C15H19NO3S2/c1-10-6-4-5-7-14(10)11(2)16-21(18,19)15-8-13(9-17)20-12(15)3/h4-8,11,16-17H,9H2,1-3H3. The molecule has 0 aliphatic rings. The Morgan fingerprint density at radius 1 is 1.29 bits per heavy atom. The van der Waals surface area contributed by atoms with Gasteiger partial charge in [-0.3, -0.25) is 0 Å². The monoisotopic (exact) mass is 325 g/mol. The molecule has 1 unspecified atom stereocenters. The van der Waals surface area contributed by atoms with Gasteiger partial charge in [-0.1, -0.05) is 24.3 Å². The van der Waals surface area contributed by atoms with Gasteiger partial charge in [-0.15, -0.1) is 11.3 Å². The zero-order valence-corrected chi connectivity index (χ0v) is 13.9. The van der Waals surface area contributed by atoms with Crippen LogP contribution >= 0.6 is 11.3 Å². The predicted molar refractivity (Wildman–Crippen MR) is 84.9 cm³/mol. The number of hydrogen-bond donors (Lipinski definition) is 2. The molecule has 2 aromatic rings. The highest BCUT2D eigenvalue weighted by Gasteiger charge is 2.23. The van der Waals surface area contributed by atoms with Crippen molar-refractivity contribution < 1.29 is 13.5 Å². The lowest BCUT2D eigenvalue weighted by molar-refractivity contribution is 0.285. The van der Waals surface area contributed by atoms with Crippen molar-refractivity contribution in [3.8, 4) is 0 Å². The fourth-order valence-electron chi connectivity index (χ4n) is 2.30. The van der Waals surface area contributed by atoms with Crippen LogP contribution < -0.4 is 4.72 Å². The number of hydrogen-bond acceptors (Lipinski definition) is 4. The van der Waals surface area contributed by atoms with Gasteiger partial charge in [0.1, 0.15) is 0 Å². The Kier molecular flexibility index (Phi) is 4.83. The van der Waals surface area contributed by atoms with Crippen molar-refractivity contribution in [1.29, 1.82) is 0 Å². The summed E-state index contributed by atoms with van der Waals surface area (Å²) < 4.78 is 27.7. The zero-order chi connectivity index (χ0) is 15.6. The SMILES string of the molecule is Cc1ccccc1C(C)NS(=O)(=O)c1cc(CO)sc1C. The average molecular weight is 325 g/mol. The number of sulfonamides is 1. The third-order valence-electron chi connectivity index (χ3n) is 3.36. The van der Waals surface area contributed by atoms with Crippen LogP contribution in [0.15, 0.2) is 35.2 Å². The van der Waals surface area contributed by atoms with E-state index in [9.17, 15) is 8.42 Å². The van der Waals surface area contributed by atoms with Crippen LogP contribution in [0.5, 0.6) is 0 Å². The maximum Gasteiger partial charge on any atom is 0.242 e. The van der Waals surface area contributed by atoms with E-state index >= 15 is 0 Å². The summed E-state index contributed by atoms with van der Waals surface area (Å²) in [6.45, 7) is 5.39. The van der Waals surface area contributed by atoms with Crippen LogP contribution in [0.25, 0.3) is 0 Å². The van der Waals surface area contributed by atoms with E-state index in [1.165, 1.54) is 17.4 Å². The molecule has 21 heavy (non-hydrogen) atoms. The highest BCUT2D eigenvalue weighted by Crippen LogP contribution is 2.27. The summed E-state index contributed by atoms with van der Waals surface area (Å²) in [7, 11) is -3.60. The molecule has 2 rings (SSSR count). The third-order valence-corrected chi connectivity index (χ3v) is 6.19. The first kappa shape index (κ1) is 16.2. The summed E-state index contributed by atoms with van der Waals surface area (Å²) in [5.74, 6) is 0. The number of aliphatic hydroxyl groups is 1. The summed E-state index contributed by atoms with van der Waals surface area (Å²) >= 11 is 1.30. The van der Waals surface area contributed by atoms with E-state index in [1.54, 1.807) is 6.92 Å². The molecule has 1 aromatic heterocycles. The van der Waals surface area contributed by atoms with Gasteiger partial charge in [-0.2, -0.15) is 0 Å². The number of nitrogens with one attached hydrogen (secondary N) is 1. The molecule has 0 saturated heterocycles. The maximum atomic E-state index is 12.5. The maximum absolute atomic E-state index is 12.5. The minimum absolute atomic E-state index is 0.144. The van der Waals surface area contributed by atoms with Crippen LogP contribution in [0.2, 0.25) is 0 Å². The largest absolute Gasteiger partial charge is 0.391 e. The molecule has 1 aromatic carbocycles. The minimum atomic E-state index is -3.60. The molecular formula is C15H19NO3S2. The third kappa shape index (κ3) is 3.52. The molecule has 0 aliphatic heterocycles.